The zero-order chi connectivity index (χ0) is 13.8. The number of halogens is 2. The van der Waals surface area contributed by atoms with Crippen molar-refractivity contribution in [3.63, 3.8) is 0 Å². The van der Waals surface area contributed by atoms with Gasteiger partial charge in [-0.2, -0.15) is 11.8 Å². The predicted molar refractivity (Wildman–Crippen MR) is 72.7 cm³/mol. The number of imide groups is 1. The van der Waals surface area contributed by atoms with Gasteiger partial charge in [-0.15, -0.1) is 0 Å². The number of nitrogens with zero attached hydrogens (tertiary/aromatic N) is 1. The lowest BCUT2D eigenvalue weighted by atomic mass is 10.2. The van der Waals surface area contributed by atoms with Crippen LogP contribution in [0.2, 0.25) is 5.02 Å². The first-order valence-corrected chi connectivity index (χ1v) is 7.21. The third-order valence-corrected chi connectivity index (χ3v) is 3.95. The summed E-state index contributed by atoms with van der Waals surface area (Å²) in [5.41, 5.74) is 0.911. The number of carbonyl (C=O) groups is 2. The molecule has 0 aromatic heterocycles. The Bertz CT molecular complexity index is 497. The van der Waals surface area contributed by atoms with Crippen molar-refractivity contribution >= 4 is 35.3 Å². The molecule has 102 valence electrons. The van der Waals surface area contributed by atoms with E-state index in [9.17, 15) is 14.0 Å². The molecule has 1 fully saturated rings. The number of urea groups is 1. The fourth-order valence-electron chi connectivity index (χ4n) is 1.66. The molecule has 2 rings (SSSR count). The van der Waals surface area contributed by atoms with Gasteiger partial charge in [0, 0.05) is 18.1 Å². The van der Waals surface area contributed by atoms with Gasteiger partial charge in [0.25, 0.3) is 0 Å². The molecule has 1 aromatic rings. The maximum Gasteiger partial charge on any atom is 0.324 e. The molecule has 1 saturated heterocycles. The number of benzene rings is 1. The summed E-state index contributed by atoms with van der Waals surface area (Å²) in [6.45, 7) is 0.460. The second-order valence-electron chi connectivity index (χ2n) is 4.01. The molecule has 0 atom stereocenters. The first-order chi connectivity index (χ1) is 9.08. The highest BCUT2D eigenvalue weighted by Crippen LogP contribution is 2.19. The Morgan fingerprint density at radius 1 is 1.42 bits per heavy atom. The normalized spacial score (nSPS) is 14.9. The smallest absolute Gasteiger partial charge is 0.324 e. The Labute approximate surface area is 119 Å². The second kappa shape index (κ2) is 6.25. The van der Waals surface area contributed by atoms with Gasteiger partial charge in [0.2, 0.25) is 5.91 Å². The molecule has 0 saturated carbocycles. The number of hydrogen-bond acceptors (Lipinski definition) is 3. The van der Waals surface area contributed by atoms with Crippen molar-refractivity contribution in [3.05, 3.63) is 34.6 Å². The van der Waals surface area contributed by atoms with Gasteiger partial charge < -0.3 is 5.32 Å². The van der Waals surface area contributed by atoms with Gasteiger partial charge in [0.15, 0.2) is 0 Å². The summed E-state index contributed by atoms with van der Waals surface area (Å²) >= 11 is 7.24. The molecule has 1 N–H and O–H groups in total. The third-order valence-electron chi connectivity index (χ3n) is 2.65. The van der Waals surface area contributed by atoms with Gasteiger partial charge in [-0.1, -0.05) is 17.7 Å². The van der Waals surface area contributed by atoms with E-state index in [0.29, 0.717) is 18.1 Å². The quantitative estimate of drug-likeness (QED) is 0.670. The topological polar surface area (TPSA) is 49.4 Å². The molecule has 4 nitrogen and oxygen atoms in total. The molecule has 1 aliphatic heterocycles. The van der Waals surface area contributed by atoms with E-state index in [0.717, 1.165) is 5.56 Å². The monoisotopic (exact) mass is 302 g/mol. The fraction of sp³-hybridized carbons (Fsp3) is 0.333. The van der Waals surface area contributed by atoms with E-state index >= 15 is 0 Å². The average Bonchev–Trinajstić information content (AvgIpc) is 2.70. The van der Waals surface area contributed by atoms with Gasteiger partial charge in [-0.25, -0.2) is 9.18 Å². The Kier molecular flexibility index (Phi) is 4.66. The number of carbonyl (C=O) groups excluding carboxylic acids is 2. The zero-order valence-corrected chi connectivity index (χ0v) is 11.6. The van der Waals surface area contributed by atoms with Crippen LogP contribution in [0.1, 0.15) is 5.56 Å². The molecule has 7 heteroatoms. The van der Waals surface area contributed by atoms with Crippen LogP contribution in [-0.4, -0.2) is 35.7 Å². The van der Waals surface area contributed by atoms with Crippen LogP contribution in [0.5, 0.6) is 0 Å². The highest BCUT2D eigenvalue weighted by atomic mass is 35.5. The lowest BCUT2D eigenvalue weighted by Gasteiger charge is -2.11. The van der Waals surface area contributed by atoms with Crippen molar-refractivity contribution in [3.8, 4) is 0 Å². The van der Waals surface area contributed by atoms with E-state index < -0.39 is 5.82 Å². The summed E-state index contributed by atoms with van der Waals surface area (Å²) in [5, 5.41) is 2.56. The Balaban J connectivity index is 1.76. The highest BCUT2D eigenvalue weighted by Gasteiger charge is 2.27. The van der Waals surface area contributed by atoms with E-state index in [1.165, 1.54) is 11.0 Å². The summed E-state index contributed by atoms with van der Waals surface area (Å²) in [5.74, 6) is 0.655. The molecular formula is C12H12ClFN2O2S. The van der Waals surface area contributed by atoms with Crippen molar-refractivity contribution in [2.75, 3.05) is 18.8 Å². The number of nitrogens with one attached hydrogen (secondary N) is 1. The Morgan fingerprint density at radius 2 is 2.21 bits per heavy atom. The SMILES string of the molecule is O=C1CNC(=O)N1CCSCc1ccc(F)c(Cl)c1. The van der Waals surface area contributed by atoms with Gasteiger partial charge in [0.05, 0.1) is 11.6 Å². The molecule has 1 aromatic carbocycles. The minimum atomic E-state index is -0.435. The molecule has 3 amide bonds. The average molecular weight is 303 g/mol. The van der Waals surface area contributed by atoms with Gasteiger partial charge in [-0.3, -0.25) is 9.69 Å². The molecule has 0 aliphatic carbocycles. The van der Waals surface area contributed by atoms with E-state index in [-0.39, 0.29) is 23.5 Å². The molecule has 0 spiro atoms. The zero-order valence-electron chi connectivity index (χ0n) is 9.99. The van der Waals surface area contributed by atoms with Crippen molar-refractivity contribution in [1.29, 1.82) is 0 Å². The summed E-state index contributed by atoms with van der Waals surface area (Å²) < 4.78 is 13.0. The first kappa shape index (κ1) is 14.1. The minimum absolute atomic E-state index is 0.0804. The molecule has 0 bridgehead atoms. The number of thioether (sulfide) groups is 1. The van der Waals surface area contributed by atoms with Crippen LogP contribution >= 0.6 is 23.4 Å². The molecular weight excluding hydrogens is 291 g/mol. The van der Waals surface area contributed by atoms with Gasteiger partial charge >= 0.3 is 6.03 Å². The number of amides is 3. The minimum Gasteiger partial charge on any atom is -0.329 e. The highest BCUT2D eigenvalue weighted by molar-refractivity contribution is 7.98. The van der Waals surface area contributed by atoms with Crippen molar-refractivity contribution < 1.29 is 14.0 Å². The van der Waals surface area contributed by atoms with E-state index in [1.54, 1.807) is 23.9 Å². The lowest BCUT2D eigenvalue weighted by molar-refractivity contribution is -0.124. The van der Waals surface area contributed by atoms with Crippen molar-refractivity contribution in [1.82, 2.24) is 10.2 Å². The maximum absolute atomic E-state index is 13.0. The fourth-order valence-corrected chi connectivity index (χ4v) is 2.73. The maximum atomic E-state index is 13.0. The lowest BCUT2D eigenvalue weighted by Crippen LogP contribution is -2.32. The molecule has 0 unspecified atom stereocenters. The van der Waals surface area contributed by atoms with Crippen LogP contribution in [0.15, 0.2) is 18.2 Å². The summed E-state index contributed by atoms with van der Waals surface area (Å²) in [6.07, 6.45) is 0. The Morgan fingerprint density at radius 3 is 2.84 bits per heavy atom. The molecule has 19 heavy (non-hydrogen) atoms. The second-order valence-corrected chi connectivity index (χ2v) is 5.52. The Hall–Kier alpha value is -1.27. The largest absolute Gasteiger partial charge is 0.329 e. The van der Waals surface area contributed by atoms with Crippen molar-refractivity contribution in [2.24, 2.45) is 0 Å². The summed E-state index contributed by atoms with van der Waals surface area (Å²) in [7, 11) is 0. The van der Waals surface area contributed by atoms with Gasteiger partial charge in [-0.05, 0) is 17.7 Å². The van der Waals surface area contributed by atoms with E-state index in [2.05, 4.69) is 5.32 Å². The van der Waals surface area contributed by atoms with Crippen LogP contribution in [-0.2, 0) is 10.5 Å². The standard InChI is InChI=1S/C12H12ClFN2O2S/c13-9-5-8(1-2-10(9)14)7-19-4-3-16-11(17)6-15-12(16)18/h1-2,5H,3-4,6-7H2,(H,15,18). The first-order valence-electron chi connectivity index (χ1n) is 5.68. The summed E-state index contributed by atoms with van der Waals surface area (Å²) in [6, 6.07) is 4.24. The molecule has 0 radical (unpaired) electrons. The predicted octanol–water partition coefficient (Wildman–Crippen LogP) is 2.26. The van der Waals surface area contributed by atoms with Crippen molar-refractivity contribution in [2.45, 2.75) is 5.75 Å². The molecule has 1 aliphatic rings. The van der Waals surface area contributed by atoms with Gasteiger partial charge in [0.1, 0.15) is 5.82 Å². The van der Waals surface area contributed by atoms with Crippen LogP contribution in [0, 0.1) is 5.82 Å². The summed E-state index contributed by atoms with van der Waals surface area (Å²) in [4.78, 5) is 23.8. The number of hydrogen-bond donors (Lipinski definition) is 1. The van der Waals surface area contributed by atoms with Crippen LogP contribution < -0.4 is 5.32 Å². The third kappa shape index (κ3) is 3.61. The van der Waals surface area contributed by atoms with Crippen LogP contribution in [0.4, 0.5) is 9.18 Å². The van der Waals surface area contributed by atoms with E-state index in [1.807, 2.05) is 0 Å². The number of rotatable bonds is 5. The van der Waals surface area contributed by atoms with E-state index in [4.69, 9.17) is 11.6 Å². The van der Waals surface area contributed by atoms with Crippen LogP contribution in [0.3, 0.4) is 0 Å². The van der Waals surface area contributed by atoms with Crippen LogP contribution in [0.25, 0.3) is 0 Å². The molecule has 1 heterocycles.